The normalized spacial score (nSPS) is 17.7. The number of hydrogen-bond donors (Lipinski definition) is 0. The molecule has 5 aliphatic heterocycles. The maximum Gasteiger partial charge on any atom is 0.222 e. The van der Waals surface area contributed by atoms with E-state index in [2.05, 4.69) is 160 Å². The van der Waals surface area contributed by atoms with Crippen LogP contribution in [0.25, 0.3) is 11.1 Å². The molecule has 5 aliphatic rings. The van der Waals surface area contributed by atoms with E-state index in [0.717, 1.165) is 121 Å². The number of carbonyl (C=O) groups excluding carboxylic acids is 2. The van der Waals surface area contributed by atoms with Crippen molar-refractivity contribution in [2.45, 2.75) is 127 Å². The molecule has 4 aromatic carbocycles. The monoisotopic (exact) mass is 1000 g/mol. The van der Waals surface area contributed by atoms with Gasteiger partial charge in [0.15, 0.2) is 0 Å². The third-order valence-electron chi connectivity index (χ3n) is 14.7. The standard InChI is InChI=1S/C62H72N4O4S2/c1-7-21-51-59(45(5)71-55-29-15-13-23-43(55)3)47-33-37-63(49-25-19-27-53(69-51)61(47)49)35-17-9-11-31-57(67)65-39-41-66(42-40-65)58(68)32-12-10-18-36-64-38-34-48-60(46(6)72-56-30-16-14-24-44(56)4)52(22-8-2)70-54-28-20-26-50(64)62(48)54/h13-16,19-20,23-30,33-34,37-38,51-52H,5-12,17-18,21-22,31-32,35-36,39-42H2,1-4H3. The molecule has 0 aliphatic carbocycles. The van der Waals surface area contributed by atoms with Crippen molar-refractivity contribution >= 4 is 57.9 Å². The highest BCUT2D eigenvalue weighted by Crippen LogP contribution is 2.51. The summed E-state index contributed by atoms with van der Waals surface area (Å²) >= 11 is 3.47. The van der Waals surface area contributed by atoms with E-state index in [9.17, 15) is 9.59 Å². The second kappa shape index (κ2) is 23.8. The first-order chi connectivity index (χ1) is 35.1. The van der Waals surface area contributed by atoms with Crippen LogP contribution in [0.2, 0.25) is 0 Å². The number of carbonyl (C=O) groups is 2. The van der Waals surface area contributed by atoms with Crippen LogP contribution in [0.4, 0.5) is 11.4 Å². The second-order valence-electron chi connectivity index (χ2n) is 19.7. The van der Waals surface area contributed by atoms with Crippen molar-refractivity contribution in [2.75, 3.05) is 49.1 Å². The van der Waals surface area contributed by atoms with Crippen LogP contribution < -0.4 is 19.3 Å². The predicted octanol–water partition coefficient (Wildman–Crippen LogP) is 14.7. The smallest absolute Gasteiger partial charge is 0.222 e. The Bertz CT molecular complexity index is 2610. The van der Waals surface area contributed by atoms with Crippen LogP contribution in [-0.2, 0) is 9.59 Å². The molecule has 72 heavy (non-hydrogen) atoms. The van der Waals surface area contributed by atoms with Crippen LogP contribution in [0, 0.1) is 13.8 Å². The summed E-state index contributed by atoms with van der Waals surface area (Å²) in [5, 5.41) is 0. The molecule has 5 heterocycles. The Balaban J connectivity index is 0.702. The Hall–Kier alpha value is -5.84. The number of nitrogens with zero attached hydrogens (tertiary/aromatic N) is 4. The van der Waals surface area contributed by atoms with Crippen LogP contribution in [-0.4, -0.2) is 73.1 Å². The number of anilines is 2. The highest BCUT2D eigenvalue weighted by Gasteiger charge is 2.35. The number of piperazine rings is 1. The van der Waals surface area contributed by atoms with Crippen LogP contribution in [0.5, 0.6) is 11.5 Å². The minimum atomic E-state index is -0.0377. The molecule has 4 aromatic rings. The molecule has 0 N–H and O–H groups in total. The van der Waals surface area contributed by atoms with Crippen LogP contribution in [0.1, 0.15) is 113 Å². The molecule has 0 aromatic heterocycles. The maximum absolute atomic E-state index is 13.3. The van der Waals surface area contributed by atoms with Crippen LogP contribution >= 0.6 is 23.5 Å². The van der Waals surface area contributed by atoms with Gasteiger partial charge in [0.2, 0.25) is 11.8 Å². The lowest BCUT2D eigenvalue weighted by atomic mass is 9.88. The van der Waals surface area contributed by atoms with E-state index < -0.39 is 0 Å². The van der Waals surface area contributed by atoms with E-state index >= 15 is 0 Å². The molecule has 10 heteroatoms. The van der Waals surface area contributed by atoms with E-state index in [-0.39, 0.29) is 24.0 Å². The lowest BCUT2D eigenvalue weighted by Crippen LogP contribution is -2.50. The van der Waals surface area contributed by atoms with Crippen molar-refractivity contribution in [3.63, 3.8) is 0 Å². The van der Waals surface area contributed by atoms with Gasteiger partial charge in [-0.2, -0.15) is 0 Å². The molecule has 0 radical (unpaired) electrons. The molecular formula is C62H72N4O4S2. The number of ether oxygens (including phenoxy) is 2. The molecular weight excluding hydrogens is 929 g/mol. The fraction of sp³-hybridized carbons (Fsp3) is 0.387. The second-order valence-corrected chi connectivity index (χ2v) is 22.0. The highest BCUT2D eigenvalue weighted by atomic mass is 32.2. The fourth-order valence-electron chi connectivity index (χ4n) is 10.8. The van der Waals surface area contributed by atoms with Gasteiger partial charge in [-0.05, 0) is 123 Å². The van der Waals surface area contributed by atoms with Crippen LogP contribution in [0.15, 0.2) is 153 Å². The molecule has 8 nitrogen and oxygen atoms in total. The molecule has 376 valence electrons. The zero-order valence-corrected chi connectivity index (χ0v) is 44.6. The van der Waals surface area contributed by atoms with Crippen molar-refractivity contribution < 1.29 is 19.1 Å². The van der Waals surface area contributed by atoms with Gasteiger partial charge in [-0.15, -0.1) is 0 Å². The Morgan fingerprint density at radius 3 is 1.38 bits per heavy atom. The molecule has 1 saturated heterocycles. The van der Waals surface area contributed by atoms with Gasteiger partial charge >= 0.3 is 0 Å². The summed E-state index contributed by atoms with van der Waals surface area (Å²) in [4.78, 5) is 39.8. The van der Waals surface area contributed by atoms with E-state index in [1.807, 2.05) is 9.80 Å². The van der Waals surface area contributed by atoms with Gasteiger partial charge in [-0.1, -0.05) is 125 Å². The number of hydrogen-bond acceptors (Lipinski definition) is 8. The summed E-state index contributed by atoms with van der Waals surface area (Å²) in [5.74, 6) is 2.28. The van der Waals surface area contributed by atoms with Gasteiger partial charge < -0.3 is 29.1 Å². The minimum absolute atomic E-state index is 0.0377. The van der Waals surface area contributed by atoms with Gasteiger partial charge in [0.25, 0.3) is 0 Å². The summed E-state index contributed by atoms with van der Waals surface area (Å²) < 4.78 is 13.5. The number of allylic oxidation sites excluding steroid dienone is 4. The average Bonchev–Trinajstić information content (AvgIpc) is 3.38. The van der Waals surface area contributed by atoms with Gasteiger partial charge in [0.05, 0.1) is 11.4 Å². The molecule has 0 spiro atoms. The van der Waals surface area contributed by atoms with Gasteiger partial charge in [0.1, 0.15) is 23.7 Å². The minimum Gasteiger partial charge on any atom is -0.485 e. The largest absolute Gasteiger partial charge is 0.485 e. The Labute approximate surface area is 437 Å². The predicted molar refractivity (Wildman–Crippen MR) is 301 cm³/mol. The fourth-order valence-corrected chi connectivity index (χ4v) is 12.8. The van der Waals surface area contributed by atoms with E-state index in [0.29, 0.717) is 39.0 Å². The summed E-state index contributed by atoms with van der Waals surface area (Å²) in [6.45, 7) is 22.1. The van der Waals surface area contributed by atoms with Gasteiger partial charge in [-0.3, -0.25) is 9.59 Å². The molecule has 9 rings (SSSR count). The first kappa shape index (κ1) is 51.1. The lowest BCUT2D eigenvalue weighted by molar-refractivity contribution is -0.139. The molecule has 0 saturated carbocycles. The van der Waals surface area contributed by atoms with Crippen molar-refractivity contribution in [2.24, 2.45) is 0 Å². The Kier molecular flexibility index (Phi) is 16.9. The van der Waals surface area contributed by atoms with Gasteiger partial charge in [-0.25, -0.2) is 0 Å². The van der Waals surface area contributed by atoms with E-state index in [1.165, 1.54) is 43.2 Å². The molecule has 1 fully saturated rings. The number of rotatable bonds is 22. The maximum atomic E-state index is 13.3. The summed E-state index contributed by atoms with van der Waals surface area (Å²) in [7, 11) is 0. The van der Waals surface area contributed by atoms with Crippen molar-refractivity contribution in [1.29, 1.82) is 0 Å². The van der Waals surface area contributed by atoms with E-state index in [4.69, 9.17) is 9.47 Å². The molecule has 0 bridgehead atoms. The summed E-state index contributed by atoms with van der Waals surface area (Å²) in [6.07, 6.45) is 19.5. The first-order valence-corrected chi connectivity index (χ1v) is 28.2. The first-order valence-electron chi connectivity index (χ1n) is 26.5. The van der Waals surface area contributed by atoms with Crippen molar-refractivity contribution in [3.05, 3.63) is 166 Å². The number of amides is 2. The third-order valence-corrected chi connectivity index (χ3v) is 17.0. The number of unbranched alkanes of at least 4 members (excludes halogenated alkanes) is 4. The average molecular weight is 1000 g/mol. The Morgan fingerprint density at radius 2 is 0.972 bits per heavy atom. The number of thioether (sulfide) groups is 2. The third kappa shape index (κ3) is 11.4. The number of benzene rings is 4. The highest BCUT2D eigenvalue weighted by molar-refractivity contribution is 8.03. The van der Waals surface area contributed by atoms with Gasteiger partial charge in [0, 0.05) is 106 Å². The number of aryl methyl sites for hydroxylation is 2. The molecule has 2 unspecified atom stereocenters. The summed E-state index contributed by atoms with van der Waals surface area (Å²) in [5.41, 5.74) is 12.0. The lowest BCUT2D eigenvalue weighted by Gasteiger charge is -2.37. The quantitative estimate of drug-likeness (QED) is 0.0570. The zero-order chi connectivity index (χ0) is 50.1. The topological polar surface area (TPSA) is 65.6 Å². The van der Waals surface area contributed by atoms with E-state index in [1.54, 1.807) is 23.5 Å². The van der Waals surface area contributed by atoms with Crippen molar-refractivity contribution in [3.8, 4) is 11.5 Å². The van der Waals surface area contributed by atoms with Crippen molar-refractivity contribution in [1.82, 2.24) is 9.80 Å². The summed E-state index contributed by atoms with van der Waals surface area (Å²) in [6, 6.07) is 29.8. The van der Waals surface area contributed by atoms with Crippen LogP contribution in [0.3, 0.4) is 0 Å². The SMILES string of the molecule is C=C(Sc1ccccc1C)C1=C2C=CN(CCCCCC(=O)N3CCN(C(=O)CCCCCN4C=CC5=C(C(=C)Sc6ccccc6C)C(CCC)Oc6cccc4c65)CC3)c3cccc(c32)OC1CCC. The molecule has 2 amide bonds. The molecule has 2 atom stereocenters. The zero-order valence-electron chi connectivity index (χ0n) is 42.9. The Morgan fingerprint density at radius 1 is 0.556 bits per heavy atom.